The molecule has 19 heteroatoms. The zero-order valence-electron chi connectivity index (χ0n) is 30.3. The number of aromatic nitrogens is 2. The molecule has 8 rings (SSSR count). The Hall–Kier alpha value is -7.15. The Morgan fingerprint density at radius 3 is 1.02 bits per heavy atom. The van der Waals surface area contributed by atoms with Crippen molar-refractivity contribution in [1.29, 1.82) is 10.5 Å². The van der Waals surface area contributed by atoms with Crippen molar-refractivity contribution in [2.45, 2.75) is 30.9 Å². The van der Waals surface area contributed by atoms with Crippen LogP contribution in [-0.4, -0.2) is 9.13 Å². The zero-order valence-corrected chi connectivity index (χ0v) is 30.3. The summed E-state index contributed by atoms with van der Waals surface area (Å²) in [5, 5.41) is 18.1. The fourth-order valence-corrected chi connectivity index (χ4v) is 7.60. The van der Waals surface area contributed by atoms with Crippen molar-refractivity contribution < 1.29 is 65.9 Å². The molecule has 0 aliphatic heterocycles. The predicted molar refractivity (Wildman–Crippen MR) is 195 cm³/mol. The molecule has 62 heavy (non-hydrogen) atoms. The van der Waals surface area contributed by atoms with Crippen LogP contribution < -0.4 is 0 Å². The molecule has 8 aromatic rings. The second-order valence-corrected chi connectivity index (χ2v) is 14.0. The van der Waals surface area contributed by atoms with E-state index in [9.17, 15) is 76.4 Å². The standard InChI is InChI=1S/C43H17F15N4/c44-39(45,46)22-2-7-33-28(13-22)29-14-23(40(47,48)49)3-8-34(29)61(33)37-12-21(19-60)27(26-6-1-20(18-59)11-32(26)43(56,57)58)17-38(37)62-35-9-4-24(41(50,51)52)15-30(35)31-16-25(42(53,54)55)5-10-36(31)62/h1-17H. The van der Waals surface area contributed by atoms with Crippen LogP contribution in [0.15, 0.2) is 103 Å². The van der Waals surface area contributed by atoms with Gasteiger partial charge in [0.25, 0.3) is 0 Å². The van der Waals surface area contributed by atoms with Crippen LogP contribution >= 0.6 is 0 Å². The number of nitrogens with zero attached hydrogens (tertiary/aromatic N) is 4. The quantitative estimate of drug-likeness (QED) is 0.166. The lowest BCUT2D eigenvalue weighted by atomic mass is 9.92. The van der Waals surface area contributed by atoms with Gasteiger partial charge in [-0.15, -0.1) is 0 Å². The highest BCUT2D eigenvalue weighted by Gasteiger charge is 2.38. The van der Waals surface area contributed by atoms with Crippen molar-refractivity contribution in [3.8, 4) is 34.6 Å². The lowest BCUT2D eigenvalue weighted by Gasteiger charge is -2.21. The zero-order chi connectivity index (χ0) is 45.1. The van der Waals surface area contributed by atoms with Crippen LogP contribution in [0.4, 0.5) is 65.9 Å². The van der Waals surface area contributed by atoms with E-state index in [1.54, 1.807) is 12.1 Å². The Morgan fingerprint density at radius 2 is 0.710 bits per heavy atom. The van der Waals surface area contributed by atoms with Crippen molar-refractivity contribution in [1.82, 2.24) is 9.13 Å². The first kappa shape index (κ1) is 41.6. The minimum Gasteiger partial charge on any atom is -0.307 e. The van der Waals surface area contributed by atoms with E-state index in [4.69, 9.17) is 0 Å². The molecule has 0 aliphatic rings. The van der Waals surface area contributed by atoms with Gasteiger partial charge >= 0.3 is 30.9 Å². The average molecular weight is 875 g/mol. The van der Waals surface area contributed by atoms with E-state index in [1.165, 1.54) is 0 Å². The predicted octanol–water partition coefficient (Wildman–Crippen LogP) is 14.4. The highest BCUT2D eigenvalue weighted by atomic mass is 19.4. The second-order valence-electron chi connectivity index (χ2n) is 14.0. The Balaban J connectivity index is 1.60. The summed E-state index contributed by atoms with van der Waals surface area (Å²) < 4.78 is 215. The van der Waals surface area contributed by atoms with Gasteiger partial charge in [0.2, 0.25) is 0 Å². The SMILES string of the molecule is N#Cc1ccc(-c2cc(-n3c4ccc(C(F)(F)F)cc4c4cc(C(F)(F)F)ccc43)c(-n3c4ccc(C(F)(F)F)cc4c4cc(C(F)(F)F)ccc43)cc2C#N)c(C(F)(F)F)c1. The molecular formula is C43H17F15N4. The third kappa shape index (κ3) is 6.87. The monoisotopic (exact) mass is 874 g/mol. The van der Waals surface area contributed by atoms with Crippen molar-refractivity contribution >= 4 is 43.6 Å². The molecule has 0 fully saturated rings. The molecule has 0 aliphatic carbocycles. The summed E-state index contributed by atoms with van der Waals surface area (Å²) in [5.41, 5.74) is -10.7. The summed E-state index contributed by atoms with van der Waals surface area (Å²) in [4.78, 5) is 0. The Morgan fingerprint density at radius 1 is 0.355 bits per heavy atom. The number of hydrogen-bond donors (Lipinski definition) is 0. The number of benzene rings is 6. The smallest absolute Gasteiger partial charge is 0.307 e. The fraction of sp³-hybridized carbons (Fsp3) is 0.116. The van der Waals surface area contributed by atoms with E-state index in [-0.39, 0.29) is 27.8 Å². The largest absolute Gasteiger partial charge is 0.417 e. The van der Waals surface area contributed by atoms with Crippen LogP contribution in [0.3, 0.4) is 0 Å². The molecule has 0 radical (unpaired) electrons. The molecule has 314 valence electrons. The van der Waals surface area contributed by atoms with Crippen LogP contribution in [0, 0.1) is 22.7 Å². The third-order valence-corrected chi connectivity index (χ3v) is 10.3. The molecule has 2 aromatic heterocycles. The number of nitriles is 2. The molecule has 0 saturated heterocycles. The van der Waals surface area contributed by atoms with Gasteiger partial charge < -0.3 is 9.13 Å². The van der Waals surface area contributed by atoms with E-state index in [1.807, 2.05) is 0 Å². The average Bonchev–Trinajstić information content (AvgIpc) is 3.69. The van der Waals surface area contributed by atoms with Crippen molar-refractivity contribution in [3.05, 3.63) is 142 Å². The molecule has 6 aromatic carbocycles. The summed E-state index contributed by atoms with van der Waals surface area (Å²) in [5.74, 6) is 0. The van der Waals surface area contributed by atoms with Gasteiger partial charge in [0, 0.05) is 27.1 Å². The van der Waals surface area contributed by atoms with Gasteiger partial charge in [-0.25, -0.2) is 0 Å². The number of alkyl halides is 15. The van der Waals surface area contributed by atoms with E-state index in [0.717, 1.165) is 57.7 Å². The van der Waals surface area contributed by atoms with Crippen molar-refractivity contribution in [2.75, 3.05) is 0 Å². The minimum atomic E-state index is -5.19. The first-order valence-corrected chi connectivity index (χ1v) is 17.5. The van der Waals surface area contributed by atoms with E-state index in [2.05, 4.69) is 0 Å². The summed E-state index contributed by atoms with van der Waals surface area (Å²) in [6.45, 7) is 0. The first-order valence-electron chi connectivity index (χ1n) is 17.5. The molecule has 0 N–H and O–H groups in total. The maximum Gasteiger partial charge on any atom is 0.417 e. The molecule has 0 saturated carbocycles. The van der Waals surface area contributed by atoms with Gasteiger partial charge in [0.05, 0.1) is 84.5 Å². The summed E-state index contributed by atoms with van der Waals surface area (Å²) >= 11 is 0. The Bertz CT molecular complexity index is 3110. The molecule has 2 heterocycles. The summed E-state index contributed by atoms with van der Waals surface area (Å²) in [6.07, 6.45) is -25.3. The van der Waals surface area contributed by atoms with Gasteiger partial charge in [0.15, 0.2) is 0 Å². The molecule has 0 atom stereocenters. The number of halogens is 15. The van der Waals surface area contributed by atoms with Gasteiger partial charge in [-0.2, -0.15) is 76.4 Å². The van der Waals surface area contributed by atoms with Gasteiger partial charge in [-0.05, 0) is 103 Å². The number of hydrogen-bond acceptors (Lipinski definition) is 2. The second kappa shape index (κ2) is 13.7. The minimum absolute atomic E-state index is 0.251. The van der Waals surface area contributed by atoms with Gasteiger partial charge in [-0.1, -0.05) is 6.07 Å². The summed E-state index contributed by atoms with van der Waals surface area (Å²) in [7, 11) is 0. The Kier molecular flexibility index (Phi) is 9.18. The molecule has 0 bridgehead atoms. The van der Waals surface area contributed by atoms with Crippen molar-refractivity contribution in [2.24, 2.45) is 0 Å². The number of rotatable bonds is 3. The molecule has 0 unspecified atom stereocenters. The molecular weight excluding hydrogens is 857 g/mol. The van der Waals surface area contributed by atoms with E-state index in [0.29, 0.717) is 54.6 Å². The van der Waals surface area contributed by atoms with Crippen molar-refractivity contribution in [3.63, 3.8) is 0 Å². The maximum absolute atomic E-state index is 14.7. The van der Waals surface area contributed by atoms with Crippen LogP contribution in [-0.2, 0) is 30.9 Å². The third-order valence-electron chi connectivity index (χ3n) is 10.3. The normalized spacial score (nSPS) is 13.0. The van der Waals surface area contributed by atoms with E-state index >= 15 is 0 Å². The lowest BCUT2D eigenvalue weighted by molar-refractivity contribution is -0.138. The maximum atomic E-state index is 14.7. The highest BCUT2D eigenvalue weighted by Crippen LogP contribution is 2.47. The highest BCUT2D eigenvalue weighted by molar-refractivity contribution is 6.12. The first-order chi connectivity index (χ1) is 28.8. The lowest BCUT2D eigenvalue weighted by Crippen LogP contribution is -2.10. The molecule has 0 spiro atoms. The topological polar surface area (TPSA) is 57.4 Å². The number of fused-ring (bicyclic) bond motifs is 6. The molecule has 0 amide bonds. The van der Waals surface area contributed by atoms with Crippen LogP contribution in [0.25, 0.3) is 66.1 Å². The van der Waals surface area contributed by atoms with Gasteiger partial charge in [0.1, 0.15) is 0 Å². The Labute approximate surface area is 336 Å². The van der Waals surface area contributed by atoms with Crippen LogP contribution in [0.5, 0.6) is 0 Å². The van der Waals surface area contributed by atoms with Crippen LogP contribution in [0.1, 0.15) is 38.9 Å². The summed E-state index contributed by atoms with van der Waals surface area (Å²) in [6, 6.07) is 15.6. The fourth-order valence-electron chi connectivity index (χ4n) is 7.60. The van der Waals surface area contributed by atoms with Crippen LogP contribution in [0.2, 0.25) is 0 Å². The van der Waals surface area contributed by atoms with Gasteiger partial charge in [-0.3, -0.25) is 0 Å². The van der Waals surface area contributed by atoms with E-state index < -0.39 is 108 Å². The molecule has 4 nitrogen and oxygen atoms in total.